The molecule has 0 aromatic heterocycles. The predicted octanol–water partition coefficient (Wildman–Crippen LogP) is -0.993. The van der Waals surface area contributed by atoms with Crippen LogP contribution < -0.4 is 21.3 Å². The van der Waals surface area contributed by atoms with Gasteiger partial charge in [-0.1, -0.05) is 12.3 Å². The average Bonchev–Trinajstić information content (AvgIpc) is 2.89. The van der Waals surface area contributed by atoms with Crippen molar-refractivity contribution in [3.63, 3.8) is 0 Å². The molecule has 4 amide bonds. The van der Waals surface area contributed by atoms with Crippen molar-refractivity contribution in [3.05, 3.63) is 0 Å². The summed E-state index contributed by atoms with van der Waals surface area (Å²) in [4.78, 5) is 70.5. The zero-order valence-electron chi connectivity index (χ0n) is 22.9. The van der Waals surface area contributed by atoms with Gasteiger partial charge in [0.15, 0.2) is 0 Å². The predicted molar refractivity (Wildman–Crippen MR) is 140 cm³/mol. The van der Waals surface area contributed by atoms with E-state index in [9.17, 15) is 28.8 Å². The number of rotatable bonds is 19. The number of hydrogen-bond acceptors (Lipinski definition) is 9. The molecule has 0 radical (unpaired) electrons. The van der Waals surface area contributed by atoms with Crippen molar-refractivity contribution in [1.82, 2.24) is 21.3 Å². The number of ether oxygens (including phenoxy) is 3. The van der Waals surface area contributed by atoms with Crippen LogP contribution in [-0.2, 0) is 43.0 Å². The molecular weight excluding hydrogens is 528 g/mol. The molecule has 1 aliphatic carbocycles. The van der Waals surface area contributed by atoms with Gasteiger partial charge in [-0.05, 0) is 45.4 Å². The fraction of sp³-hybridized carbons (Fsp3) is 0.692. The lowest BCUT2D eigenvalue weighted by atomic mass is 10.1. The molecule has 1 unspecified atom stereocenters. The molecular formula is C26H40N4O10. The van der Waals surface area contributed by atoms with E-state index in [0.29, 0.717) is 12.8 Å². The molecule has 40 heavy (non-hydrogen) atoms. The Hall–Kier alpha value is -3.70. The van der Waals surface area contributed by atoms with Crippen LogP contribution in [0, 0.1) is 11.8 Å². The van der Waals surface area contributed by atoms with E-state index < -0.39 is 54.8 Å². The van der Waals surface area contributed by atoms with Gasteiger partial charge in [-0.2, -0.15) is 0 Å². The summed E-state index contributed by atoms with van der Waals surface area (Å²) in [5.41, 5.74) is 0. The van der Waals surface area contributed by atoms with E-state index in [0.717, 1.165) is 32.1 Å². The zero-order chi connectivity index (χ0) is 29.6. The number of carboxylic acids is 1. The third kappa shape index (κ3) is 17.7. The fourth-order valence-electron chi connectivity index (χ4n) is 3.47. The Morgan fingerprint density at radius 2 is 1.60 bits per heavy atom. The molecule has 14 nitrogen and oxygen atoms in total. The van der Waals surface area contributed by atoms with Crippen LogP contribution in [0.25, 0.3) is 0 Å². The first-order valence-corrected chi connectivity index (χ1v) is 13.4. The highest BCUT2D eigenvalue weighted by molar-refractivity contribution is 5.90. The van der Waals surface area contributed by atoms with Crippen LogP contribution in [0.4, 0.5) is 0 Å². The molecule has 0 aromatic carbocycles. The number of amides is 4. The highest BCUT2D eigenvalue weighted by Gasteiger charge is 2.22. The van der Waals surface area contributed by atoms with Crippen LogP contribution in [0.1, 0.15) is 58.3 Å². The summed E-state index contributed by atoms with van der Waals surface area (Å²) in [6, 6.07) is -0.952. The van der Waals surface area contributed by atoms with Crippen molar-refractivity contribution in [1.29, 1.82) is 0 Å². The van der Waals surface area contributed by atoms with Gasteiger partial charge in [0.25, 0.3) is 0 Å². The monoisotopic (exact) mass is 568 g/mol. The van der Waals surface area contributed by atoms with Crippen molar-refractivity contribution in [3.8, 4) is 11.8 Å². The van der Waals surface area contributed by atoms with Gasteiger partial charge < -0.3 is 40.6 Å². The van der Waals surface area contributed by atoms with Crippen molar-refractivity contribution >= 4 is 35.6 Å². The molecule has 14 heteroatoms. The largest absolute Gasteiger partial charge is 0.480 e. The molecule has 0 aliphatic heterocycles. The fourth-order valence-corrected chi connectivity index (χ4v) is 3.47. The minimum Gasteiger partial charge on any atom is -0.480 e. The topological polar surface area (TPSA) is 198 Å². The van der Waals surface area contributed by atoms with Crippen molar-refractivity contribution in [2.24, 2.45) is 0 Å². The number of aliphatic carboxylic acids is 1. The lowest BCUT2D eigenvalue weighted by Gasteiger charge is -2.17. The summed E-state index contributed by atoms with van der Waals surface area (Å²) >= 11 is 0. The molecule has 0 bridgehead atoms. The normalized spacial score (nSPS) is 15.2. The number of carbonyl (C=O) groups excluding carboxylic acids is 5. The average molecular weight is 569 g/mol. The molecule has 0 saturated carbocycles. The van der Waals surface area contributed by atoms with E-state index in [1.165, 1.54) is 0 Å². The van der Waals surface area contributed by atoms with Crippen LogP contribution in [-0.4, -0.2) is 98.9 Å². The SMILES string of the molecule is CCOC(=O)[C@H](CCCCNC(=O)COCC(=O)O)NC(=O)CNC(=O)CNC(=O)COC1C#CCCCCC1. The maximum atomic E-state index is 12.3. The number of unbranched alkanes of at least 4 members (excludes halogenated alkanes) is 1. The molecule has 0 spiro atoms. The highest BCUT2D eigenvalue weighted by Crippen LogP contribution is 2.10. The summed E-state index contributed by atoms with van der Waals surface area (Å²) in [6.07, 6.45) is 5.54. The quantitative estimate of drug-likeness (QED) is 0.0732. The first-order valence-electron chi connectivity index (χ1n) is 13.4. The Kier molecular flexibility index (Phi) is 18.2. The Morgan fingerprint density at radius 1 is 0.875 bits per heavy atom. The summed E-state index contributed by atoms with van der Waals surface area (Å²) < 4.78 is 15.2. The minimum absolute atomic E-state index is 0.116. The van der Waals surface area contributed by atoms with E-state index in [1.54, 1.807) is 6.92 Å². The maximum Gasteiger partial charge on any atom is 0.329 e. The van der Waals surface area contributed by atoms with Gasteiger partial charge in [-0.25, -0.2) is 9.59 Å². The van der Waals surface area contributed by atoms with Crippen LogP contribution in [0.15, 0.2) is 0 Å². The zero-order valence-corrected chi connectivity index (χ0v) is 22.9. The molecule has 1 rings (SSSR count). The van der Waals surface area contributed by atoms with Gasteiger partial charge in [0.1, 0.15) is 32.0 Å². The molecule has 1 aliphatic rings. The Morgan fingerprint density at radius 3 is 2.35 bits per heavy atom. The van der Waals surface area contributed by atoms with E-state index in [2.05, 4.69) is 37.8 Å². The number of hydrogen-bond donors (Lipinski definition) is 5. The summed E-state index contributed by atoms with van der Waals surface area (Å²) in [5, 5.41) is 18.3. The van der Waals surface area contributed by atoms with Crippen LogP contribution in [0.5, 0.6) is 0 Å². The summed E-state index contributed by atoms with van der Waals surface area (Å²) in [6.45, 7) is 0.0670. The lowest BCUT2D eigenvalue weighted by molar-refractivity contribution is -0.147. The molecule has 0 saturated heterocycles. The van der Waals surface area contributed by atoms with E-state index in [4.69, 9.17) is 14.6 Å². The summed E-state index contributed by atoms with van der Waals surface area (Å²) in [7, 11) is 0. The standard InChI is InChI=1S/C26H40N4O10/c1-2-39-26(37)20(12-8-9-13-27-23(33)16-38-18-25(35)36)30-22(32)15-28-21(31)14-29-24(34)17-40-19-10-6-4-3-5-7-11-19/h19-20H,2-6,8-10,12-18H2,1H3,(H,27,33)(H,28,31)(H,29,34)(H,30,32)(H,35,36)/t19?,20-/m0/s1. The first-order chi connectivity index (χ1) is 19.2. The third-order valence-corrected chi connectivity index (χ3v) is 5.45. The molecule has 5 N–H and O–H groups in total. The van der Waals surface area contributed by atoms with Crippen LogP contribution in [0.3, 0.4) is 0 Å². The lowest BCUT2D eigenvalue weighted by Crippen LogP contribution is -2.47. The van der Waals surface area contributed by atoms with Gasteiger partial charge in [0, 0.05) is 13.0 Å². The number of carbonyl (C=O) groups is 6. The van der Waals surface area contributed by atoms with Crippen molar-refractivity contribution in [2.75, 3.05) is 46.1 Å². The molecule has 224 valence electrons. The smallest absolute Gasteiger partial charge is 0.329 e. The molecule has 2 atom stereocenters. The Balaban J connectivity index is 2.29. The number of nitrogens with one attached hydrogen (secondary N) is 4. The number of esters is 1. The van der Waals surface area contributed by atoms with Gasteiger partial charge >= 0.3 is 11.9 Å². The second-order valence-corrected chi connectivity index (χ2v) is 8.88. The van der Waals surface area contributed by atoms with Crippen LogP contribution >= 0.6 is 0 Å². The van der Waals surface area contributed by atoms with E-state index in [1.807, 2.05) is 0 Å². The number of carboxylic acid groups (broad SMARTS) is 1. The van der Waals surface area contributed by atoms with E-state index in [-0.39, 0.29) is 45.4 Å². The molecule has 0 heterocycles. The second kappa shape index (κ2) is 21.2. The highest BCUT2D eigenvalue weighted by atomic mass is 16.5. The second-order valence-electron chi connectivity index (χ2n) is 8.88. The Bertz CT molecular complexity index is 915. The van der Waals surface area contributed by atoms with Gasteiger partial charge in [-0.3, -0.25) is 19.2 Å². The van der Waals surface area contributed by atoms with Gasteiger partial charge in [0.2, 0.25) is 23.6 Å². The Labute approximate surface area is 233 Å². The van der Waals surface area contributed by atoms with Crippen LogP contribution in [0.2, 0.25) is 0 Å². The molecule has 0 fully saturated rings. The first kappa shape index (κ1) is 34.3. The maximum absolute atomic E-state index is 12.3. The van der Waals surface area contributed by atoms with Gasteiger partial charge in [-0.15, -0.1) is 5.92 Å². The summed E-state index contributed by atoms with van der Waals surface area (Å²) in [5.74, 6) is 2.05. The van der Waals surface area contributed by atoms with Crippen molar-refractivity contribution in [2.45, 2.75) is 70.4 Å². The minimum atomic E-state index is -1.18. The third-order valence-electron chi connectivity index (χ3n) is 5.45. The van der Waals surface area contributed by atoms with Gasteiger partial charge in [0.05, 0.1) is 19.7 Å². The van der Waals surface area contributed by atoms with E-state index >= 15 is 0 Å². The molecule has 0 aromatic rings. The van der Waals surface area contributed by atoms with Crippen molar-refractivity contribution < 1.29 is 48.1 Å².